The van der Waals surface area contributed by atoms with Crippen LogP contribution in [0.15, 0.2) is 42.2 Å². The van der Waals surface area contributed by atoms with Crippen LogP contribution in [0.2, 0.25) is 0 Å². The highest BCUT2D eigenvalue weighted by molar-refractivity contribution is 7.14. The highest BCUT2D eigenvalue weighted by Gasteiger charge is 2.11. The summed E-state index contributed by atoms with van der Waals surface area (Å²) in [6, 6.07) is 5.47. The van der Waals surface area contributed by atoms with Gasteiger partial charge in [0.25, 0.3) is 5.91 Å². The molecule has 0 spiro atoms. The lowest BCUT2D eigenvalue weighted by Crippen LogP contribution is -2.23. The number of nitrogens with zero attached hydrogens (tertiary/aromatic N) is 4. The molecule has 0 unspecified atom stereocenters. The molecule has 0 saturated carbocycles. The van der Waals surface area contributed by atoms with Gasteiger partial charge in [-0.05, 0) is 23.8 Å². The molecule has 0 saturated heterocycles. The predicted molar refractivity (Wildman–Crippen MR) is 88.9 cm³/mol. The molecule has 8 nitrogen and oxygen atoms in total. The van der Waals surface area contributed by atoms with Gasteiger partial charge in [0.15, 0.2) is 10.9 Å². The maximum absolute atomic E-state index is 12.1. The Balaban J connectivity index is 1.63. The van der Waals surface area contributed by atoms with E-state index in [2.05, 4.69) is 25.7 Å². The second-order valence-corrected chi connectivity index (χ2v) is 5.73. The Labute approximate surface area is 141 Å². The van der Waals surface area contributed by atoms with E-state index in [1.54, 1.807) is 28.7 Å². The number of carbonyl (C=O) groups excluding carboxylic acids is 2. The molecule has 0 aliphatic rings. The third-order valence-electron chi connectivity index (χ3n) is 3.02. The summed E-state index contributed by atoms with van der Waals surface area (Å²) in [6.07, 6.45) is 5.13. The first-order valence-corrected chi connectivity index (χ1v) is 7.96. The van der Waals surface area contributed by atoms with E-state index in [0.29, 0.717) is 17.5 Å². The molecular formula is C15H14N6O2S. The molecule has 2 amide bonds. The van der Waals surface area contributed by atoms with E-state index >= 15 is 0 Å². The Hall–Kier alpha value is -3.07. The molecule has 0 atom stereocenters. The van der Waals surface area contributed by atoms with Gasteiger partial charge in [0.05, 0.1) is 0 Å². The first kappa shape index (κ1) is 15.8. The Morgan fingerprint density at radius 2 is 2.21 bits per heavy atom. The summed E-state index contributed by atoms with van der Waals surface area (Å²) < 4.78 is 1.64. The Kier molecular flexibility index (Phi) is 4.62. The van der Waals surface area contributed by atoms with Gasteiger partial charge < -0.3 is 10.6 Å². The van der Waals surface area contributed by atoms with Crippen molar-refractivity contribution in [2.45, 2.75) is 13.5 Å². The van der Waals surface area contributed by atoms with Gasteiger partial charge >= 0.3 is 0 Å². The average molecular weight is 342 g/mol. The van der Waals surface area contributed by atoms with Crippen LogP contribution in [0.1, 0.15) is 23.0 Å². The molecule has 0 fully saturated rings. The van der Waals surface area contributed by atoms with E-state index in [9.17, 15) is 9.59 Å². The van der Waals surface area contributed by atoms with E-state index in [4.69, 9.17) is 0 Å². The number of aromatic nitrogens is 4. The van der Waals surface area contributed by atoms with Crippen LogP contribution in [-0.2, 0) is 11.3 Å². The summed E-state index contributed by atoms with van der Waals surface area (Å²) in [5.41, 5.74) is 1.16. The molecule has 0 aliphatic carbocycles. The van der Waals surface area contributed by atoms with Crippen molar-refractivity contribution in [3.8, 4) is 5.82 Å². The van der Waals surface area contributed by atoms with Gasteiger partial charge in [-0.15, -0.1) is 11.3 Å². The van der Waals surface area contributed by atoms with Crippen LogP contribution in [0.25, 0.3) is 5.82 Å². The predicted octanol–water partition coefficient (Wildman–Crippen LogP) is 1.61. The van der Waals surface area contributed by atoms with E-state index in [-0.39, 0.29) is 17.5 Å². The first-order chi connectivity index (χ1) is 11.6. The summed E-state index contributed by atoms with van der Waals surface area (Å²) >= 11 is 1.20. The lowest BCUT2D eigenvalue weighted by molar-refractivity contribution is -0.114. The lowest BCUT2D eigenvalue weighted by Gasteiger charge is -2.06. The number of nitrogens with one attached hydrogen (secondary N) is 2. The van der Waals surface area contributed by atoms with Crippen LogP contribution < -0.4 is 10.6 Å². The number of carbonyl (C=O) groups is 2. The smallest absolute Gasteiger partial charge is 0.271 e. The number of thiazole rings is 1. The van der Waals surface area contributed by atoms with Gasteiger partial charge in [0, 0.05) is 37.4 Å². The summed E-state index contributed by atoms with van der Waals surface area (Å²) in [7, 11) is 0. The number of anilines is 1. The SMILES string of the molecule is CC(=O)Nc1nc(C(=O)NCc2ccnc(-n3cccn3)c2)cs1. The zero-order chi connectivity index (χ0) is 16.9. The molecule has 3 rings (SSSR count). The standard InChI is InChI=1S/C15H14N6O2S/c1-10(22)19-15-20-12(9-24-15)14(23)17-8-11-3-5-16-13(7-11)21-6-2-4-18-21/h2-7,9H,8H2,1H3,(H,17,23)(H,19,20,22). The minimum absolute atomic E-state index is 0.223. The van der Waals surface area contributed by atoms with Crippen molar-refractivity contribution >= 4 is 28.3 Å². The molecule has 2 N–H and O–H groups in total. The second kappa shape index (κ2) is 7.01. The molecule has 122 valence electrons. The van der Waals surface area contributed by atoms with E-state index in [0.717, 1.165) is 5.56 Å². The molecule has 0 aromatic carbocycles. The van der Waals surface area contributed by atoms with Crippen molar-refractivity contribution < 1.29 is 9.59 Å². The Morgan fingerprint density at radius 1 is 1.33 bits per heavy atom. The van der Waals surface area contributed by atoms with Gasteiger partial charge in [-0.25, -0.2) is 14.6 Å². The first-order valence-electron chi connectivity index (χ1n) is 7.08. The van der Waals surface area contributed by atoms with E-state index in [1.807, 2.05) is 18.2 Å². The Bertz CT molecular complexity index is 858. The minimum Gasteiger partial charge on any atom is -0.347 e. The second-order valence-electron chi connectivity index (χ2n) is 4.87. The van der Waals surface area contributed by atoms with Crippen LogP contribution in [0.4, 0.5) is 5.13 Å². The van der Waals surface area contributed by atoms with Crippen molar-refractivity contribution in [2.24, 2.45) is 0 Å². The van der Waals surface area contributed by atoms with Gasteiger partial charge in [-0.1, -0.05) is 0 Å². The molecule has 3 aromatic rings. The van der Waals surface area contributed by atoms with E-state index < -0.39 is 0 Å². The molecule has 0 aliphatic heterocycles. The van der Waals surface area contributed by atoms with Crippen molar-refractivity contribution in [2.75, 3.05) is 5.32 Å². The molecular weight excluding hydrogens is 328 g/mol. The summed E-state index contributed by atoms with van der Waals surface area (Å²) in [4.78, 5) is 31.4. The summed E-state index contributed by atoms with van der Waals surface area (Å²) in [6.45, 7) is 1.73. The summed E-state index contributed by atoms with van der Waals surface area (Å²) in [5, 5.41) is 11.5. The Morgan fingerprint density at radius 3 is 2.96 bits per heavy atom. The summed E-state index contributed by atoms with van der Waals surface area (Å²) in [5.74, 6) is 0.146. The van der Waals surface area contributed by atoms with Crippen molar-refractivity contribution in [1.29, 1.82) is 0 Å². The zero-order valence-corrected chi connectivity index (χ0v) is 13.6. The van der Waals surface area contributed by atoms with Gasteiger partial charge in [0.2, 0.25) is 5.91 Å². The van der Waals surface area contributed by atoms with Crippen LogP contribution in [-0.4, -0.2) is 31.6 Å². The monoisotopic (exact) mass is 342 g/mol. The van der Waals surface area contributed by atoms with Crippen molar-refractivity contribution in [3.63, 3.8) is 0 Å². The molecule has 9 heteroatoms. The third-order valence-corrected chi connectivity index (χ3v) is 3.78. The molecule has 0 radical (unpaired) electrons. The fraction of sp³-hybridized carbons (Fsp3) is 0.133. The van der Waals surface area contributed by atoms with Gasteiger partial charge in [-0.2, -0.15) is 5.10 Å². The minimum atomic E-state index is -0.305. The topological polar surface area (TPSA) is 102 Å². The lowest BCUT2D eigenvalue weighted by atomic mass is 10.2. The zero-order valence-electron chi connectivity index (χ0n) is 12.8. The van der Waals surface area contributed by atoms with Gasteiger partial charge in [-0.3, -0.25) is 9.59 Å². The number of amides is 2. The van der Waals surface area contributed by atoms with E-state index in [1.165, 1.54) is 18.3 Å². The van der Waals surface area contributed by atoms with Crippen LogP contribution in [0.5, 0.6) is 0 Å². The average Bonchev–Trinajstić information content (AvgIpc) is 3.24. The van der Waals surface area contributed by atoms with Crippen molar-refractivity contribution in [1.82, 2.24) is 25.1 Å². The highest BCUT2D eigenvalue weighted by Crippen LogP contribution is 2.15. The number of rotatable bonds is 5. The quantitative estimate of drug-likeness (QED) is 0.733. The maximum atomic E-state index is 12.1. The fourth-order valence-corrected chi connectivity index (χ4v) is 2.70. The molecule has 0 bridgehead atoms. The van der Waals surface area contributed by atoms with Gasteiger partial charge in [0.1, 0.15) is 5.69 Å². The maximum Gasteiger partial charge on any atom is 0.271 e. The number of hydrogen-bond donors (Lipinski definition) is 2. The fourth-order valence-electron chi connectivity index (χ4n) is 1.96. The van der Waals surface area contributed by atoms with Crippen LogP contribution in [0, 0.1) is 0 Å². The molecule has 24 heavy (non-hydrogen) atoms. The van der Waals surface area contributed by atoms with Crippen LogP contribution >= 0.6 is 11.3 Å². The number of hydrogen-bond acceptors (Lipinski definition) is 6. The molecule has 3 aromatic heterocycles. The third kappa shape index (κ3) is 3.82. The van der Waals surface area contributed by atoms with Crippen LogP contribution in [0.3, 0.4) is 0 Å². The molecule has 3 heterocycles. The highest BCUT2D eigenvalue weighted by atomic mass is 32.1. The number of pyridine rings is 1. The van der Waals surface area contributed by atoms with Crippen molar-refractivity contribution in [3.05, 3.63) is 53.4 Å². The normalized spacial score (nSPS) is 10.4. The largest absolute Gasteiger partial charge is 0.347 e.